The molecule has 0 aliphatic carbocycles. The van der Waals surface area contributed by atoms with Crippen molar-refractivity contribution in [3.05, 3.63) is 54.1 Å². The van der Waals surface area contributed by atoms with Gasteiger partial charge in [0, 0.05) is 5.69 Å². The van der Waals surface area contributed by atoms with Gasteiger partial charge < -0.3 is 10.4 Å². The zero-order chi connectivity index (χ0) is 13.7. The molecule has 0 bridgehead atoms. The van der Waals surface area contributed by atoms with Crippen molar-refractivity contribution in [3.63, 3.8) is 0 Å². The second-order valence-electron chi connectivity index (χ2n) is 3.72. The fourth-order valence-electron chi connectivity index (χ4n) is 1.54. The Bertz CT molecular complexity index is 644. The summed E-state index contributed by atoms with van der Waals surface area (Å²) in [7, 11) is 0. The van der Waals surface area contributed by atoms with Crippen LogP contribution in [-0.4, -0.2) is 17.1 Å². The van der Waals surface area contributed by atoms with Gasteiger partial charge in [-0.25, -0.2) is 4.79 Å². The highest BCUT2D eigenvalue weighted by molar-refractivity contribution is 6.06. The van der Waals surface area contributed by atoms with Crippen LogP contribution in [0.15, 0.2) is 53.5 Å². The minimum atomic E-state index is -0.412. The van der Waals surface area contributed by atoms with Crippen LogP contribution in [0.2, 0.25) is 0 Å². The first-order valence-electron chi connectivity index (χ1n) is 5.48. The number of carbonyl (C=O) groups excluding carboxylic acids is 2. The van der Waals surface area contributed by atoms with E-state index in [9.17, 15) is 14.7 Å². The Morgan fingerprint density at radius 2 is 1.79 bits per heavy atom. The number of nitrogens with zero attached hydrogens (tertiary/aromatic N) is 1. The number of anilines is 1. The monoisotopic (exact) mass is 254 g/mol. The summed E-state index contributed by atoms with van der Waals surface area (Å²) >= 11 is 0. The Kier molecular flexibility index (Phi) is 3.71. The topological polar surface area (TPSA) is 78.8 Å². The van der Waals surface area contributed by atoms with E-state index in [1.807, 2.05) is 0 Å². The summed E-state index contributed by atoms with van der Waals surface area (Å²) in [5, 5.41) is 12.2. The van der Waals surface area contributed by atoms with Crippen LogP contribution in [0, 0.1) is 0 Å². The number of isocyanates is 1. The minimum absolute atomic E-state index is 0.0813. The Balaban J connectivity index is 2.15. The van der Waals surface area contributed by atoms with E-state index in [4.69, 9.17) is 0 Å². The fraction of sp³-hybridized carbons (Fsp3) is 0. The van der Waals surface area contributed by atoms with Crippen molar-refractivity contribution in [2.45, 2.75) is 0 Å². The largest absolute Gasteiger partial charge is 0.507 e. The molecule has 0 atom stereocenters. The van der Waals surface area contributed by atoms with Gasteiger partial charge in [-0.2, -0.15) is 4.99 Å². The number of carbonyl (C=O) groups is 1. The second kappa shape index (κ2) is 5.62. The molecule has 0 saturated carbocycles. The molecule has 0 aliphatic heterocycles. The first-order chi connectivity index (χ1) is 9.20. The number of amides is 1. The highest BCUT2D eigenvalue weighted by Gasteiger charge is 2.09. The SMILES string of the molecule is O=C=Nc1ccc(NC(=O)c2ccccc2O)cc1. The van der Waals surface area contributed by atoms with E-state index in [-0.39, 0.29) is 11.3 Å². The molecule has 0 aromatic heterocycles. The van der Waals surface area contributed by atoms with E-state index >= 15 is 0 Å². The van der Waals surface area contributed by atoms with E-state index in [2.05, 4.69) is 10.3 Å². The molecule has 0 heterocycles. The number of phenolic OH excluding ortho intramolecular Hbond substituents is 1. The zero-order valence-electron chi connectivity index (χ0n) is 9.83. The summed E-state index contributed by atoms with van der Waals surface area (Å²) in [5.41, 5.74) is 1.19. The standard InChI is InChI=1S/C14H10N2O3/c17-9-15-10-5-7-11(8-6-10)16-14(19)12-3-1-2-4-13(12)18/h1-8,18H,(H,16,19). The normalized spacial score (nSPS) is 9.47. The Labute approximate surface area is 109 Å². The van der Waals surface area contributed by atoms with Gasteiger partial charge in [-0.05, 0) is 36.4 Å². The van der Waals surface area contributed by atoms with E-state index in [1.165, 1.54) is 18.2 Å². The number of para-hydroxylation sites is 1. The minimum Gasteiger partial charge on any atom is -0.507 e. The molecule has 2 aromatic carbocycles. The molecule has 1 amide bonds. The molecule has 5 heteroatoms. The van der Waals surface area contributed by atoms with Crippen LogP contribution in [0.1, 0.15) is 10.4 Å². The highest BCUT2D eigenvalue weighted by atomic mass is 16.3. The molecule has 19 heavy (non-hydrogen) atoms. The molecule has 0 radical (unpaired) electrons. The van der Waals surface area contributed by atoms with Crippen molar-refractivity contribution in [1.29, 1.82) is 0 Å². The average molecular weight is 254 g/mol. The molecule has 0 fully saturated rings. The Morgan fingerprint density at radius 1 is 1.11 bits per heavy atom. The van der Waals surface area contributed by atoms with Gasteiger partial charge in [-0.3, -0.25) is 4.79 Å². The van der Waals surface area contributed by atoms with Gasteiger partial charge in [-0.1, -0.05) is 12.1 Å². The number of aliphatic imine (C=N–C) groups is 1. The molecular formula is C14H10N2O3. The lowest BCUT2D eigenvalue weighted by Crippen LogP contribution is -2.11. The third kappa shape index (κ3) is 3.06. The summed E-state index contributed by atoms with van der Waals surface area (Å²) in [4.78, 5) is 25.4. The van der Waals surface area contributed by atoms with Crippen LogP contribution in [0.3, 0.4) is 0 Å². The van der Waals surface area contributed by atoms with Crippen molar-refractivity contribution < 1.29 is 14.7 Å². The lowest BCUT2D eigenvalue weighted by molar-refractivity contribution is 0.102. The first kappa shape index (κ1) is 12.5. The molecule has 0 unspecified atom stereocenters. The molecule has 0 aliphatic rings. The molecule has 0 saturated heterocycles. The average Bonchev–Trinajstić information content (AvgIpc) is 2.42. The lowest BCUT2D eigenvalue weighted by Gasteiger charge is -2.06. The smallest absolute Gasteiger partial charge is 0.259 e. The van der Waals surface area contributed by atoms with Gasteiger partial charge in [-0.15, -0.1) is 0 Å². The number of hydrogen-bond donors (Lipinski definition) is 2. The van der Waals surface area contributed by atoms with E-state index in [0.29, 0.717) is 11.4 Å². The number of nitrogens with one attached hydrogen (secondary N) is 1. The third-order valence-corrected chi connectivity index (χ3v) is 2.45. The molecular weight excluding hydrogens is 244 g/mol. The van der Waals surface area contributed by atoms with E-state index in [1.54, 1.807) is 36.4 Å². The van der Waals surface area contributed by atoms with E-state index < -0.39 is 5.91 Å². The maximum atomic E-state index is 11.9. The molecule has 2 rings (SSSR count). The van der Waals surface area contributed by atoms with Crippen LogP contribution < -0.4 is 5.32 Å². The molecule has 2 N–H and O–H groups in total. The summed E-state index contributed by atoms with van der Waals surface area (Å²) in [6.45, 7) is 0. The second-order valence-corrected chi connectivity index (χ2v) is 3.72. The van der Waals surface area contributed by atoms with Crippen molar-refractivity contribution >= 4 is 23.4 Å². The van der Waals surface area contributed by atoms with Gasteiger partial charge in [0.2, 0.25) is 6.08 Å². The first-order valence-corrected chi connectivity index (χ1v) is 5.48. The van der Waals surface area contributed by atoms with Crippen LogP contribution in [0.5, 0.6) is 5.75 Å². The highest BCUT2D eigenvalue weighted by Crippen LogP contribution is 2.19. The number of hydrogen-bond acceptors (Lipinski definition) is 4. The Morgan fingerprint density at radius 3 is 2.42 bits per heavy atom. The van der Waals surface area contributed by atoms with Crippen molar-refractivity contribution in [1.82, 2.24) is 0 Å². The number of phenols is 1. The van der Waals surface area contributed by atoms with Crippen LogP contribution in [0.25, 0.3) is 0 Å². The van der Waals surface area contributed by atoms with Gasteiger partial charge in [0.1, 0.15) is 5.75 Å². The van der Waals surface area contributed by atoms with Gasteiger partial charge in [0.15, 0.2) is 0 Å². The molecule has 94 valence electrons. The molecule has 2 aromatic rings. The lowest BCUT2D eigenvalue weighted by atomic mass is 10.2. The van der Waals surface area contributed by atoms with Gasteiger partial charge >= 0.3 is 0 Å². The zero-order valence-corrected chi connectivity index (χ0v) is 9.83. The van der Waals surface area contributed by atoms with Crippen LogP contribution in [0.4, 0.5) is 11.4 Å². The summed E-state index contributed by atoms with van der Waals surface area (Å²) in [6, 6.07) is 12.6. The maximum Gasteiger partial charge on any atom is 0.259 e. The Hall–Kier alpha value is -2.91. The summed E-state index contributed by atoms with van der Waals surface area (Å²) in [5.74, 6) is -0.494. The predicted molar refractivity (Wildman–Crippen MR) is 70.3 cm³/mol. The number of rotatable bonds is 3. The quantitative estimate of drug-likeness (QED) is 0.652. The van der Waals surface area contributed by atoms with Gasteiger partial charge in [0.25, 0.3) is 5.91 Å². The van der Waals surface area contributed by atoms with Crippen LogP contribution in [-0.2, 0) is 4.79 Å². The van der Waals surface area contributed by atoms with Gasteiger partial charge in [0.05, 0.1) is 11.3 Å². The fourth-order valence-corrected chi connectivity index (χ4v) is 1.54. The number of aromatic hydroxyl groups is 1. The van der Waals surface area contributed by atoms with E-state index in [0.717, 1.165) is 0 Å². The molecule has 0 spiro atoms. The van der Waals surface area contributed by atoms with Crippen molar-refractivity contribution in [3.8, 4) is 5.75 Å². The number of benzene rings is 2. The van der Waals surface area contributed by atoms with Crippen LogP contribution >= 0.6 is 0 Å². The van der Waals surface area contributed by atoms with Crippen molar-refractivity contribution in [2.24, 2.45) is 4.99 Å². The maximum absolute atomic E-state index is 11.9. The van der Waals surface area contributed by atoms with Crippen molar-refractivity contribution in [2.75, 3.05) is 5.32 Å². The summed E-state index contributed by atoms with van der Waals surface area (Å²) < 4.78 is 0. The molecule has 5 nitrogen and oxygen atoms in total. The third-order valence-electron chi connectivity index (χ3n) is 2.45. The predicted octanol–water partition coefficient (Wildman–Crippen LogP) is 2.61. The summed E-state index contributed by atoms with van der Waals surface area (Å²) in [6.07, 6.45) is 1.43.